The van der Waals surface area contributed by atoms with Gasteiger partial charge in [-0.1, -0.05) is 19.1 Å². The van der Waals surface area contributed by atoms with Crippen molar-refractivity contribution in [1.82, 2.24) is 4.90 Å². The van der Waals surface area contributed by atoms with E-state index in [0.29, 0.717) is 11.5 Å². The molecule has 22 heavy (non-hydrogen) atoms. The quantitative estimate of drug-likeness (QED) is 0.694. The molecule has 0 radical (unpaired) electrons. The molecule has 1 saturated heterocycles. The second kappa shape index (κ2) is 6.16. The molecule has 0 bridgehead atoms. The number of nitrogens with zero attached hydrogens (tertiary/aromatic N) is 2. The normalized spacial score (nSPS) is 22.1. The van der Waals surface area contributed by atoms with Crippen LogP contribution in [0.2, 0.25) is 0 Å². The van der Waals surface area contributed by atoms with Gasteiger partial charge in [-0.2, -0.15) is 0 Å². The van der Waals surface area contributed by atoms with Crippen molar-refractivity contribution in [2.24, 2.45) is 11.7 Å². The van der Waals surface area contributed by atoms with Gasteiger partial charge in [-0.05, 0) is 24.1 Å². The molecule has 0 aliphatic carbocycles. The van der Waals surface area contributed by atoms with Crippen molar-refractivity contribution in [1.29, 1.82) is 0 Å². The molecule has 0 saturated carbocycles. The molecule has 1 aliphatic rings. The number of rotatable bonds is 4. The zero-order chi connectivity index (χ0) is 15.7. The van der Waals surface area contributed by atoms with Crippen LogP contribution in [0.15, 0.2) is 36.4 Å². The summed E-state index contributed by atoms with van der Waals surface area (Å²) in [5, 5.41) is 11.1. The first-order valence-electron chi connectivity index (χ1n) is 7.35. The lowest BCUT2D eigenvalue weighted by Gasteiger charge is -2.13. The summed E-state index contributed by atoms with van der Waals surface area (Å²) < 4.78 is 0. The molecule has 1 aromatic carbocycles. The molecule has 2 N–H and O–H groups in total. The Hall–Kier alpha value is -1.76. The zero-order valence-electron chi connectivity index (χ0n) is 12.4. The van der Waals surface area contributed by atoms with Crippen molar-refractivity contribution in [3.63, 3.8) is 0 Å². The van der Waals surface area contributed by atoms with Crippen LogP contribution in [0.3, 0.4) is 0 Å². The van der Waals surface area contributed by atoms with Crippen LogP contribution in [0.4, 0.5) is 5.69 Å². The van der Waals surface area contributed by atoms with Gasteiger partial charge in [-0.3, -0.25) is 15.0 Å². The lowest BCUT2D eigenvalue weighted by molar-refractivity contribution is -0.384. The molecule has 1 aliphatic heterocycles. The molecule has 2 unspecified atom stereocenters. The Bertz CT molecular complexity index is 676. The van der Waals surface area contributed by atoms with Gasteiger partial charge in [0.05, 0.1) is 10.5 Å². The molecule has 116 valence electrons. The first kappa shape index (κ1) is 15.1. The molecule has 1 fully saturated rings. The summed E-state index contributed by atoms with van der Waals surface area (Å²) in [6.07, 6.45) is 0. The number of benzene rings is 1. The van der Waals surface area contributed by atoms with Crippen molar-refractivity contribution in [2.45, 2.75) is 19.5 Å². The molecule has 5 nitrogen and oxygen atoms in total. The van der Waals surface area contributed by atoms with E-state index in [1.165, 1.54) is 4.88 Å². The van der Waals surface area contributed by atoms with Crippen LogP contribution in [0.25, 0.3) is 10.4 Å². The second-order valence-electron chi connectivity index (χ2n) is 5.88. The minimum atomic E-state index is -0.324. The topological polar surface area (TPSA) is 72.4 Å². The van der Waals surface area contributed by atoms with E-state index >= 15 is 0 Å². The lowest BCUT2D eigenvalue weighted by Crippen LogP contribution is -2.28. The number of thiophene rings is 1. The number of nitro groups is 1. The zero-order valence-corrected chi connectivity index (χ0v) is 13.3. The van der Waals surface area contributed by atoms with Gasteiger partial charge in [0.2, 0.25) is 0 Å². The SMILES string of the molecule is CC1CN(Cc2ccc(-c3ccccc3[N+](=O)[O-])s2)CC1N. The van der Waals surface area contributed by atoms with E-state index in [1.54, 1.807) is 23.5 Å². The van der Waals surface area contributed by atoms with Gasteiger partial charge in [-0.15, -0.1) is 11.3 Å². The molecule has 2 atom stereocenters. The summed E-state index contributed by atoms with van der Waals surface area (Å²) in [7, 11) is 0. The predicted octanol–water partition coefficient (Wildman–Crippen LogP) is 3.10. The van der Waals surface area contributed by atoms with Crippen LogP contribution in [0, 0.1) is 16.0 Å². The average molecular weight is 317 g/mol. The van der Waals surface area contributed by atoms with Gasteiger partial charge < -0.3 is 5.73 Å². The summed E-state index contributed by atoms with van der Waals surface area (Å²) in [5.74, 6) is 0.523. The Morgan fingerprint density at radius 1 is 1.32 bits per heavy atom. The summed E-state index contributed by atoms with van der Waals surface area (Å²) in [6.45, 7) is 4.97. The highest BCUT2D eigenvalue weighted by atomic mass is 32.1. The van der Waals surface area contributed by atoms with Crippen molar-refractivity contribution < 1.29 is 4.92 Å². The number of nitro benzene ring substituents is 1. The number of hydrogen-bond acceptors (Lipinski definition) is 5. The minimum Gasteiger partial charge on any atom is -0.326 e. The van der Waals surface area contributed by atoms with Crippen LogP contribution in [0.5, 0.6) is 0 Å². The summed E-state index contributed by atoms with van der Waals surface area (Å²) in [4.78, 5) is 15.3. The van der Waals surface area contributed by atoms with Gasteiger partial charge >= 0.3 is 0 Å². The number of hydrogen-bond donors (Lipinski definition) is 1. The smallest absolute Gasteiger partial charge is 0.278 e. The lowest BCUT2D eigenvalue weighted by atomic mass is 10.1. The van der Waals surface area contributed by atoms with Gasteiger partial charge in [-0.25, -0.2) is 0 Å². The second-order valence-corrected chi connectivity index (χ2v) is 7.04. The third kappa shape index (κ3) is 3.04. The van der Waals surface area contributed by atoms with Gasteiger partial charge in [0.15, 0.2) is 0 Å². The molecule has 3 rings (SSSR count). The molecule has 2 aromatic rings. The maximum absolute atomic E-state index is 11.1. The minimum absolute atomic E-state index is 0.160. The van der Waals surface area contributed by atoms with E-state index in [2.05, 4.69) is 17.9 Å². The van der Waals surface area contributed by atoms with Crippen LogP contribution in [0.1, 0.15) is 11.8 Å². The summed E-state index contributed by atoms with van der Waals surface area (Å²) in [5.41, 5.74) is 6.91. The molecule has 6 heteroatoms. The van der Waals surface area contributed by atoms with Crippen LogP contribution < -0.4 is 5.73 Å². The third-order valence-corrected chi connectivity index (χ3v) is 5.26. The van der Waals surface area contributed by atoms with Gasteiger partial charge in [0, 0.05) is 41.5 Å². The van der Waals surface area contributed by atoms with Gasteiger partial charge in [0.25, 0.3) is 5.69 Å². The molecular weight excluding hydrogens is 298 g/mol. The highest BCUT2D eigenvalue weighted by Crippen LogP contribution is 2.35. The Labute approximate surface area is 133 Å². The molecule has 1 aromatic heterocycles. The molecular formula is C16H19N3O2S. The fourth-order valence-corrected chi connectivity index (χ4v) is 3.98. The van der Waals surface area contributed by atoms with Gasteiger partial charge in [0.1, 0.15) is 0 Å². The Morgan fingerprint density at radius 3 is 2.77 bits per heavy atom. The van der Waals surface area contributed by atoms with Crippen LogP contribution in [-0.2, 0) is 6.54 Å². The fourth-order valence-electron chi connectivity index (χ4n) is 2.89. The van der Waals surface area contributed by atoms with E-state index in [1.807, 2.05) is 18.2 Å². The number of para-hydroxylation sites is 1. The highest BCUT2D eigenvalue weighted by molar-refractivity contribution is 7.15. The highest BCUT2D eigenvalue weighted by Gasteiger charge is 2.26. The van der Waals surface area contributed by atoms with Crippen LogP contribution in [-0.4, -0.2) is 29.0 Å². The van der Waals surface area contributed by atoms with Crippen molar-refractivity contribution in [3.8, 4) is 10.4 Å². The number of nitrogens with two attached hydrogens (primary N) is 1. The van der Waals surface area contributed by atoms with Crippen molar-refractivity contribution in [2.75, 3.05) is 13.1 Å². The average Bonchev–Trinajstić information content (AvgIpc) is 3.07. The Balaban J connectivity index is 1.79. The largest absolute Gasteiger partial charge is 0.326 e. The molecule has 0 amide bonds. The Morgan fingerprint density at radius 2 is 2.09 bits per heavy atom. The summed E-state index contributed by atoms with van der Waals surface area (Å²) in [6, 6.07) is 11.2. The first-order valence-corrected chi connectivity index (χ1v) is 8.16. The first-order chi connectivity index (χ1) is 10.5. The van der Waals surface area contributed by atoms with Crippen LogP contribution >= 0.6 is 11.3 Å². The van der Waals surface area contributed by atoms with Crippen molar-refractivity contribution >= 4 is 17.0 Å². The van der Waals surface area contributed by atoms with E-state index < -0.39 is 0 Å². The standard InChI is InChI=1S/C16H19N3O2S/c1-11-8-18(10-14(11)17)9-12-6-7-16(22-12)13-4-2-3-5-15(13)19(20)21/h2-7,11,14H,8-10,17H2,1H3. The third-order valence-electron chi connectivity index (χ3n) is 4.15. The van der Waals surface area contributed by atoms with E-state index in [0.717, 1.165) is 24.5 Å². The maximum atomic E-state index is 11.1. The van der Waals surface area contributed by atoms with Crippen molar-refractivity contribution in [3.05, 3.63) is 51.4 Å². The monoisotopic (exact) mass is 317 g/mol. The summed E-state index contributed by atoms with van der Waals surface area (Å²) >= 11 is 1.62. The van der Waals surface area contributed by atoms with E-state index in [-0.39, 0.29) is 16.7 Å². The number of likely N-dealkylation sites (tertiary alicyclic amines) is 1. The molecule has 2 heterocycles. The predicted molar refractivity (Wildman–Crippen MR) is 88.8 cm³/mol. The Kier molecular flexibility index (Phi) is 4.24. The fraction of sp³-hybridized carbons (Fsp3) is 0.375. The van der Waals surface area contributed by atoms with E-state index in [4.69, 9.17) is 5.73 Å². The maximum Gasteiger partial charge on any atom is 0.278 e. The molecule has 0 spiro atoms. The van der Waals surface area contributed by atoms with E-state index in [9.17, 15) is 10.1 Å².